The fourth-order valence-corrected chi connectivity index (χ4v) is 4.88. The number of fused-ring (bicyclic) bond motifs is 7. The number of rotatable bonds is 5. The van der Waals surface area contributed by atoms with E-state index < -0.39 is 18.1 Å². The van der Waals surface area contributed by atoms with E-state index in [2.05, 4.69) is 15.6 Å². The number of nitrogens with zero attached hydrogens (tertiary/aromatic N) is 2. The smallest absolute Gasteiger partial charge is 0.259 e. The van der Waals surface area contributed by atoms with Gasteiger partial charge in [-0.25, -0.2) is 0 Å². The first-order chi connectivity index (χ1) is 20.8. The fraction of sp³-hybridized carbons (Fsp3) is 0.333. The van der Waals surface area contributed by atoms with Crippen molar-refractivity contribution in [3.05, 3.63) is 65.2 Å². The summed E-state index contributed by atoms with van der Waals surface area (Å²) >= 11 is 0. The quantitative estimate of drug-likeness (QED) is 0.450. The van der Waals surface area contributed by atoms with Crippen LogP contribution in [0.15, 0.2) is 48.5 Å². The maximum absolute atomic E-state index is 13.7. The standard InChI is InChI=1S/C30H32N4O9/c1-38-21-9-6-18-12-24(21)42-16-26(35)31-13-17-5-8-22(23(11-17)39-2)43-25-15-34(14-20(25)32-28(18)36)30(37)19-7-10-27(40-3)33-29(19)41-4/h5-12,20,25H,13-16H2,1-4H3,(H,31,35)(H,32,36)/t20-,25-/m0/s1. The molecule has 1 aromatic heterocycles. The molecule has 0 unspecified atom stereocenters. The van der Waals surface area contributed by atoms with Crippen LogP contribution in [0.4, 0.5) is 0 Å². The van der Waals surface area contributed by atoms with Crippen molar-refractivity contribution in [1.82, 2.24) is 20.5 Å². The number of pyridine rings is 1. The van der Waals surface area contributed by atoms with Crippen LogP contribution < -0.4 is 39.1 Å². The van der Waals surface area contributed by atoms with Crippen LogP contribution in [-0.4, -0.2) is 87.9 Å². The Labute approximate surface area is 248 Å². The minimum absolute atomic E-state index is 0.117. The summed E-state index contributed by atoms with van der Waals surface area (Å²) in [4.78, 5) is 45.4. The predicted molar refractivity (Wildman–Crippen MR) is 152 cm³/mol. The van der Waals surface area contributed by atoms with Crippen molar-refractivity contribution in [2.75, 3.05) is 48.1 Å². The molecule has 3 aliphatic heterocycles. The lowest BCUT2D eigenvalue weighted by atomic mass is 10.1. The highest BCUT2D eigenvalue weighted by Crippen LogP contribution is 2.32. The van der Waals surface area contributed by atoms with Crippen molar-refractivity contribution in [3.63, 3.8) is 0 Å². The minimum Gasteiger partial charge on any atom is -0.493 e. The van der Waals surface area contributed by atoms with Crippen molar-refractivity contribution in [2.45, 2.75) is 18.7 Å². The molecule has 43 heavy (non-hydrogen) atoms. The van der Waals surface area contributed by atoms with Crippen LogP contribution in [0.1, 0.15) is 26.3 Å². The number of nitrogens with one attached hydrogen (secondary N) is 2. The molecule has 0 radical (unpaired) electrons. The molecule has 3 aliphatic rings. The third kappa shape index (κ3) is 6.35. The molecule has 0 saturated carbocycles. The lowest BCUT2D eigenvalue weighted by molar-refractivity contribution is -0.123. The molecule has 2 aromatic carbocycles. The first-order valence-corrected chi connectivity index (χ1v) is 13.4. The van der Waals surface area contributed by atoms with Gasteiger partial charge in [-0.1, -0.05) is 6.07 Å². The Balaban J connectivity index is 1.49. The van der Waals surface area contributed by atoms with Crippen molar-refractivity contribution < 1.29 is 42.8 Å². The second kappa shape index (κ2) is 12.8. The summed E-state index contributed by atoms with van der Waals surface area (Å²) in [5, 5.41) is 5.80. The van der Waals surface area contributed by atoms with Gasteiger partial charge in [0.25, 0.3) is 17.7 Å². The number of likely N-dealkylation sites (tertiary alicyclic amines) is 1. The summed E-state index contributed by atoms with van der Waals surface area (Å²) in [7, 11) is 5.87. The number of carbonyl (C=O) groups is 3. The van der Waals surface area contributed by atoms with Gasteiger partial charge in [0, 0.05) is 24.7 Å². The number of amides is 3. The molecule has 226 valence electrons. The summed E-state index contributed by atoms with van der Waals surface area (Å²) in [6.07, 6.45) is -0.644. The van der Waals surface area contributed by atoms with Crippen LogP contribution in [-0.2, 0) is 11.3 Å². The lowest BCUT2D eigenvalue weighted by Crippen LogP contribution is -2.45. The summed E-state index contributed by atoms with van der Waals surface area (Å²) in [6.45, 7) is 0.229. The zero-order chi connectivity index (χ0) is 30.5. The Morgan fingerprint density at radius 2 is 1.72 bits per heavy atom. The number of hydrogen-bond acceptors (Lipinski definition) is 10. The van der Waals surface area contributed by atoms with Gasteiger partial charge in [-0.2, -0.15) is 4.98 Å². The number of methoxy groups -OCH3 is 4. The minimum atomic E-state index is -0.644. The van der Waals surface area contributed by atoms with Gasteiger partial charge in [0.05, 0.1) is 41.0 Å². The third-order valence-electron chi connectivity index (χ3n) is 7.12. The van der Waals surface area contributed by atoms with E-state index in [1.165, 1.54) is 34.5 Å². The van der Waals surface area contributed by atoms with E-state index in [4.69, 9.17) is 28.4 Å². The number of hydrogen-bond donors (Lipinski definition) is 2. The van der Waals surface area contributed by atoms with Crippen molar-refractivity contribution in [2.24, 2.45) is 0 Å². The van der Waals surface area contributed by atoms with E-state index in [0.717, 1.165) is 5.56 Å². The molecule has 2 atom stereocenters. The Morgan fingerprint density at radius 1 is 0.907 bits per heavy atom. The Bertz CT molecular complexity index is 1530. The highest BCUT2D eigenvalue weighted by molar-refractivity contribution is 5.97. The van der Waals surface area contributed by atoms with Gasteiger partial charge in [-0.05, 0) is 42.0 Å². The predicted octanol–water partition coefficient (Wildman–Crippen LogP) is 1.83. The summed E-state index contributed by atoms with van der Waals surface area (Å²) in [6, 6.07) is 12.5. The molecule has 3 amide bonds. The molecule has 1 fully saturated rings. The largest absolute Gasteiger partial charge is 0.493 e. The molecule has 13 nitrogen and oxygen atoms in total. The molecule has 4 bridgehead atoms. The third-order valence-corrected chi connectivity index (χ3v) is 7.12. The molecular weight excluding hydrogens is 560 g/mol. The second-order valence-corrected chi connectivity index (χ2v) is 9.77. The normalized spacial score (nSPS) is 18.3. The lowest BCUT2D eigenvalue weighted by Gasteiger charge is -2.22. The maximum Gasteiger partial charge on any atom is 0.259 e. The average molecular weight is 593 g/mol. The monoisotopic (exact) mass is 592 g/mol. The van der Waals surface area contributed by atoms with Crippen molar-refractivity contribution >= 4 is 17.7 Å². The van der Waals surface area contributed by atoms with Crippen LogP contribution in [0.3, 0.4) is 0 Å². The van der Waals surface area contributed by atoms with E-state index in [-0.39, 0.29) is 60.8 Å². The number of benzene rings is 2. The highest BCUT2D eigenvalue weighted by Gasteiger charge is 2.39. The second-order valence-electron chi connectivity index (χ2n) is 9.77. The van der Waals surface area contributed by atoms with Crippen LogP contribution in [0.5, 0.6) is 34.8 Å². The fourth-order valence-electron chi connectivity index (χ4n) is 4.88. The molecule has 4 heterocycles. The van der Waals surface area contributed by atoms with Crippen LogP contribution in [0.25, 0.3) is 0 Å². The van der Waals surface area contributed by atoms with Gasteiger partial charge in [-0.3, -0.25) is 14.4 Å². The molecular formula is C30H32N4O9. The molecule has 6 rings (SSSR count). The molecule has 1 saturated heterocycles. The number of aromatic nitrogens is 1. The van der Waals surface area contributed by atoms with Crippen LogP contribution in [0.2, 0.25) is 0 Å². The first-order valence-electron chi connectivity index (χ1n) is 13.4. The van der Waals surface area contributed by atoms with E-state index in [0.29, 0.717) is 23.1 Å². The molecule has 13 heteroatoms. The summed E-state index contributed by atoms with van der Waals surface area (Å²) in [5.74, 6) is 0.725. The van der Waals surface area contributed by atoms with Crippen LogP contribution >= 0.6 is 0 Å². The van der Waals surface area contributed by atoms with Crippen LogP contribution in [0, 0.1) is 0 Å². The van der Waals surface area contributed by atoms with E-state index in [1.807, 2.05) is 0 Å². The number of ether oxygens (including phenoxy) is 6. The van der Waals surface area contributed by atoms with Gasteiger partial charge in [0.1, 0.15) is 11.7 Å². The van der Waals surface area contributed by atoms with Gasteiger partial charge in [0.15, 0.2) is 29.6 Å². The van der Waals surface area contributed by atoms with Crippen molar-refractivity contribution in [3.8, 4) is 34.8 Å². The Hall–Kier alpha value is -5.20. The first kappa shape index (κ1) is 29.3. The van der Waals surface area contributed by atoms with Gasteiger partial charge < -0.3 is 44.0 Å². The molecule has 2 N–H and O–H groups in total. The van der Waals surface area contributed by atoms with Gasteiger partial charge in [-0.15, -0.1) is 0 Å². The summed E-state index contributed by atoms with van der Waals surface area (Å²) < 4.78 is 33.5. The SMILES string of the molecule is COc1ccc(C(=O)N2C[C@@H]3NC(=O)c4ccc(OC)c(c4)OCC(=O)NCc4ccc(c(OC)c4)O[C@H]3C2)c(OC)n1. The number of carbonyl (C=O) groups excluding carboxylic acids is 3. The topological polar surface area (TPSA) is 147 Å². The average Bonchev–Trinajstić information content (AvgIpc) is 3.43. The van der Waals surface area contributed by atoms with Gasteiger partial charge >= 0.3 is 0 Å². The zero-order valence-corrected chi connectivity index (χ0v) is 24.2. The molecule has 0 spiro atoms. The van der Waals surface area contributed by atoms with E-state index in [1.54, 1.807) is 47.4 Å². The maximum atomic E-state index is 13.7. The Morgan fingerprint density at radius 3 is 2.47 bits per heavy atom. The van der Waals surface area contributed by atoms with Crippen molar-refractivity contribution in [1.29, 1.82) is 0 Å². The van der Waals surface area contributed by atoms with E-state index >= 15 is 0 Å². The van der Waals surface area contributed by atoms with Gasteiger partial charge in [0.2, 0.25) is 11.8 Å². The Kier molecular flexibility index (Phi) is 8.69. The van der Waals surface area contributed by atoms with E-state index in [9.17, 15) is 14.4 Å². The zero-order valence-electron chi connectivity index (χ0n) is 24.2. The highest BCUT2D eigenvalue weighted by atomic mass is 16.5. The molecule has 3 aromatic rings. The summed E-state index contributed by atoms with van der Waals surface area (Å²) in [5.41, 5.74) is 1.28. The molecule has 0 aliphatic carbocycles.